The molecule has 2 heterocycles. The summed E-state index contributed by atoms with van der Waals surface area (Å²) < 4.78 is 13.1. The number of anilines is 1. The highest BCUT2D eigenvalue weighted by atomic mass is 35.5. The van der Waals surface area contributed by atoms with E-state index < -0.39 is 0 Å². The van der Waals surface area contributed by atoms with Crippen molar-refractivity contribution in [1.29, 1.82) is 0 Å². The van der Waals surface area contributed by atoms with Gasteiger partial charge in [0.1, 0.15) is 0 Å². The zero-order valence-electron chi connectivity index (χ0n) is 21.5. The summed E-state index contributed by atoms with van der Waals surface area (Å²) in [7, 11) is 3.31. The molecule has 0 spiro atoms. The first-order chi connectivity index (χ1) is 16.8. The Labute approximate surface area is 212 Å². The predicted molar refractivity (Wildman–Crippen MR) is 139 cm³/mol. The van der Waals surface area contributed by atoms with Crippen LogP contribution in [0.5, 0.6) is 11.5 Å². The minimum Gasteiger partial charge on any atom is -0.493 e. The van der Waals surface area contributed by atoms with Gasteiger partial charge in [0.2, 0.25) is 0 Å². The first-order valence-electron chi connectivity index (χ1n) is 12.0. The second kappa shape index (κ2) is 10.4. The van der Waals surface area contributed by atoms with Crippen molar-refractivity contribution < 1.29 is 9.47 Å². The van der Waals surface area contributed by atoms with Gasteiger partial charge in [-0.05, 0) is 73.0 Å². The van der Waals surface area contributed by atoms with E-state index in [9.17, 15) is 0 Å². The molecule has 1 aromatic heterocycles. The van der Waals surface area contributed by atoms with Gasteiger partial charge in [0.25, 0.3) is 0 Å². The molecule has 0 unspecified atom stereocenters. The van der Waals surface area contributed by atoms with Gasteiger partial charge < -0.3 is 14.4 Å². The molecule has 0 N–H and O–H groups in total. The number of aromatic nitrogens is 4. The third-order valence-corrected chi connectivity index (χ3v) is 7.33. The summed E-state index contributed by atoms with van der Waals surface area (Å²) in [4.78, 5) is 4.86. The molecule has 4 rings (SSSR count). The second-order valence-corrected chi connectivity index (χ2v) is 10.0. The monoisotopic (exact) mass is 498 g/mol. The minimum absolute atomic E-state index is 0.127. The number of aryl methyl sites for hydroxylation is 1. The van der Waals surface area contributed by atoms with E-state index >= 15 is 0 Å². The van der Waals surface area contributed by atoms with Crippen LogP contribution in [0.1, 0.15) is 50.2 Å². The summed E-state index contributed by atoms with van der Waals surface area (Å²) in [6, 6.07) is 12.0. The number of benzene rings is 2. The molecular formula is C26H35ClN6O2. The minimum atomic E-state index is -0.215. The summed E-state index contributed by atoms with van der Waals surface area (Å²) in [5.41, 5.74) is 3.27. The van der Waals surface area contributed by atoms with Gasteiger partial charge in [-0.15, -0.1) is 5.10 Å². The van der Waals surface area contributed by atoms with Crippen LogP contribution in [0.2, 0.25) is 5.02 Å². The lowest BCUT2D eigenvalue weighted by Crippen LogP contribution is -2.49. The van der Waals surface area contributed by atoms with Crippen LogP contribution in [0.4, 0.5) is 5.69 Å². The van der Waals surface area contributed by atoms with Crippen LogP contribution in [0.3, 0.4) is 0 Å². The third kappa shape index (κ3) is 5.09. The zero-order valence-corrected chi connectivity index (χ0v) is 22.2. The summed E-state index contributed by atoms with van der Waals surface area (Å²) in [6.45, 7) is 12.1. The lowest BCUT2D eigenvalue weighted by atomic mass is 9.98. The van der Waals surface area contributed by atoms with Crippen molar-refractivity contribution >= 4 is 17.3 Å². The highest BCUT2D eigenvalue weighted by Crippen LogP contribution is 2.37. The van der Waals surface area contributed by atoms with Crippen molar-refractivity contribution in [3.05, 3.63) is 58.4 Å². The number of piperazine rings is 1. The SMILES string of the molecule is CCC(C)(C)n1nnnc1[C@@H](c1ccc(OC)c(OC)c1)N1CCN(c2cc(Cl)ccc2C)CC1. The Morgan fingerprint density at radius 3 is 2.37 bits per heavy atom. The normalized spacial score (nSPS) is 15.8. The number of halogens is 1. The van der Waals surface area contributed by atoms with Crippen molar-refractivity contribution in [3.8, 4) is 11.5 Å². The highest BCUT2D eigenvalue weighted by Gasteiger charge is 2.34. The van der Waals surface area contributed by atoms with Gasteiger partial charge in [-0.2, -0.15) is 0 Å². The molecule has 35 heavy (non-hydrogen) atoms. The molecule has 0 radical (unpaired) electrons. The van der Waals surface area contributed by atoms with Gasteiger partial charge in [-0.1, -0.05) is 30.7 Å². The maximum Gasteiger partial charge on any atom is 0.173 e. The lowest BCUT2D eigenvalue weighted by Gasteiger charge is -2.41. The Morgan fingerprint density at radius 1 is 1.00 bits per heavy atom. The Bertz CT molecular complexity index is 1160. The summed E-state index contributed by atoms with van der Waals surface area (Å²) >= 11 is 6.31. The lowest BCUT2D eigenvalue weighted by molar-refractivity contribution is 0.187. The maximum atomic E-state index is 6.31. The van der Waals surface area contributed by atoms with Crippen LogP contribution >= 0.6 is 11.6 Å². The molecule has 1 saturated heterocycles. The van der Waals surface area contributed by atoms with Crippen LogP contribution in [-0.4, -0.2) is 65.5 Å². The fourth-order valence-electron chi connectivity index (χ4n) is 4.64. The molecule has 0 aliphatic carbocycles. The van der Waals surface area contributed by atoms with Crippen molar-refractivity contribution in [1.82, 2.24) is 25.1 Å². The van der Waals surface area contributed by atoms with Crippen LogP contribution in [-0.2, 0) is 5.54 Å². The van der Waals surface area contributed by atoms with E-state index in [2.05, 4.69) is 71.2 Å². The average molecular weight is 499 g/mol. The summed E-state index contributed by atoms with van der Waals surface area (Å²) in [5.74, 6) is 2.22. The van der Waals surface area contributed by atoms with Gasteiger partial charge in [-0.25, -0.2) is 4.68 Å². The van der Waals surface area contributed by atoms with Crippen molar-refractivity contribution in [2.45, 2.75) is 45.7 Å². The second-order valence-electron chi connectivity index (χ2n) is 9.59. The Kier molecular flexibility index (Phi) is 7.52. The molecule has 8 nitrogen and oxygen atoms in total. The van der Waals surface area contributed by atoms with E-state index in [1.165, 1.54) is 11.3 Å². The topological polar surface area (TPSA) is 68.5 Å². The summed E-state index contributed by atoms with van der Waals surface area (Å²) in [6.07, 6.45) is 0.908. The Hall–Kier alpha value is -2.84. The summed E-state index contributed by atoms with van der Waals surface area (Å²) in [5, 5.41) is 13.8. The van der Waals surface area contributed by atoms with E-state index in [0.29, 0.717) is 11.5 Å². The maximum absolute atomic E-state index is 6.31. The van der Waals surface area contributed by atoms with E-state index in [-0.39, 0.29) is 11.6 Å². The number of rotatable bonds is 8. The molecule has 1 aliphatic heterocycles. The van der Waals surface area contributed by atoms with E-state index in [1.54, 1.807) is 14.2 Å². The predicted octanol–water partition coefficient (Wildman–Crippen LogP) is 4.71. The van der Waals surface area contributed by atoms with E-state index in [4.69, 9.17) is 21.1 Å². The number of hydrogen-bond donors (Lipinski definition) is 0. The van der Waals surface area contributed by atoms with Gasteiger partial charge in [0.15, 0.2) is 17.3 Å². The molecule has 9 heteroatoms. The van der Waals surface area contributed by atoms with Crippen molar-refractivity contribution in [2.24, 2.45) is 0 Å². The highest BCUT2D eigenvalue weighted by molar-refractivity contribution is 6.30. The molecule has 0 bridgehead atoms. The van der Waals surface area contributed by atoms with Gasteiger partial charge in [0, 0.05) is 36.9 Å². The quantitative estimate of drug-likeness (QED) is 0.445. The number of hydrogen-bond acceptors (Lipinski definition) is 7. The molecule has 1 fully saturated rings. The Balaban J connectivity index is 1.70. The molecular weight excluding hydrogens is 464 g/mol. The zero-order chi connectivity index (χ0) is 25.2. The standard InChI is InChI=1S/C26H35ClN6O2/c1-7-26(3,4)33-25(28-29-30-33)24(19-9-11-22(34-5)23(16-19)35-6)32-14-12-31(13-15-32)21-17-20(27)10-8-18(21)2/h8-11,16-17,24H,7,12-15H2,1-6H3/t24-/m1/s1. The van der Waals surface area contributed by atoms with Gasteiger partial charge in [-0.3, -0.25) is 4.90 Å². The van der Waals surface area contributed by atoms with Crippen LogP contribution in [0, 0.1) is 6.92 Å². The van der Waals surface area contributed by atoms with Crippen molar-refractivity contribution in [2.75, 3.05) is 45.3 Å². The number of tetrazole rings is 1. The molecule has 188 valence electrons. The molecule has 3 aromatic rings. The fourth-order valence-corrected chi connectivity index (χ4v) is 4.80. The first kappa shape index (κ1) is 25.3. The number of ether oxygens (including phenoxy) is 2. The molecule has 0 amide bonds. The van der Waals surface area contributed by atoms with Crippen LogP contribution in [0.25, 0.3) is 0 Å². The average Bonchev–Trinajstić information content (AvgIpc) is 3.36. The largest absolute Gasteiger partial charge is 0.493 e. The smallest absolute Gasteiger partial charge is 0.173 e. The molecule has 1 aliphatic rings. The van der Waals surface area contributed by atoms with E-state index in [1.807, 2.05) is 22.9 Å². The molecule has 1 atom stereocenters. The van der Waals surface area contributed by atoms with Crippen LogP contribution in [0.15, 0.2) is 36.4 Å². The Morgan fingerprint density at radius 2 is 1.71 bits per heavy atom. The third-order valence-electron chi connectivity index (χ3n) is 7.09. The van der Waals surface area contributed by atoms with Gasteiger partial charge >= 0.3 is 0 Å². The number of nitrogens with zero attached hydrogens (tertiary/aromatic N) is 6. The van der Waals surface area contributed by atoms with Crippen molar-refractivity contribution in [3.63, 3.8) is 0 Å². The van der Waals surface area contributed by atoms with Gasteiger partial charge in [0.05, 0.1) is 25.8 Å². The van der Waals surface area contributed by atoms with E-state index in [0.717, 1.165) is 49.0 Å². The van der Waals surface area contributed by atoms with Crippen LogP contribution < -0.4 is 14.4 Å². The molecule has 0 saturated carbocycles. The number of methoxy groups -OCH3 is 2. The molecule has 2 aromatic carbocycles. The fraction of sp³-hybridized carbons (Fsp3) is 0.500. The first-order valence-corrected chi connectivity index (χ1v) is 12.4.